The van der Waals surface area contributed by atoms with Gasteiger partial charge in [0.25, 0.3) is 10.0 Å². The van der Waals surface area contributed by atoms with Gasteiger partial charge in [-0.3, -0.25) is 4.72 Å². The molecule has 0 aliphatic rings. The molecule has 0 aliphatic carbocycles. The summed E-state index contributed by atoms with van der Waals surface area (Å²) in [7, 11) is -3.77. The molecule has 1 N–H and O–H groups in total. The van der Waals surface area contributed by atoms with E-state index in [1.165, 1.54) is 12.1 Å². The van der Waals surface area contributed by atoms with Crippen LogP contribution in [-0.2, 0) is 21.4 Å². The van der Waals surface area contributed by atoms with Crippen LogP contribution in [0.2, 0.25) is 0 Å². The van der Waals surface area contributed by atoms with Gasteiger partial charge in [0.15, 0.2) is 0 Å². The maximum atomic E-state index is 12.8. The highest BCUT2D eigenvalue weighted by Gasteiger charge is 2.22. The summed E-state index contributed by atoms with van der Waals surface area (Å²) < 4.78 is 39.3. The van der Waals surface area contributed by atoms with Crippen molar-refractivity contribution in [2.24, 2.45) is 0 Å². The van der Waals surface area contributed by atoms with E-state index in [0.717, 1.165) is 5.56 Å². The number of nitrogens with one attached hydrogen (secondary N) is 1. The highest BCUT2D eigenvalue weighted by Crippen LogP contribution is 2.32. The second-order valence-electron chi connectivity index (χ2n) is 7.18. The third-order valence-corrected chi connectivity index (χ3v) is 6.31. The smallest absolute Gasteiger partial charge is 0.342 e. The molecular formula is C24H21NO5S. The van der Waals surface area contributed by atoms with Crippen molar-refractivity contribution < 1.29 is 22.4 Å². The highest BCUT2D eigenvalue weighted by atomic mass is 32.2. The van der Waals surface area contributed by atoms with Gasteiger partial charge in [0.2, 0.25) is 0 Å². The quantitative estimate of drug-likeness (QED) is 0.420. The number of aryl methyl sites for hydroxylation is 2. The summed E-state index contributed by atoms with van der Waals surface area (Å²) in [4.78, 5) is 12.9. The van der Waals surface area contributed by atoms with Crippen LogP contribution in [0.15, 0.2) is 82.1 Å². The first kappa shape index (κ1) is 20.7. The molecule has 0 saturated carbocycles. The van der Waals surface area contributed by atoms with E-state index in [1.807, 2.05) is 30.3 Å². The van der Waals surface area contributed by atoms with Crippen LogP contribution < -0.4 is 4.72 Å². The first-order chi connectivity index (χ1) is 14.8. The van der Waals surface area contributed by atoms with Crippen molar-refractivity contribution in [1.82, 2.24) is 0 Å². The Morgan fingerprint density at radius 3 is 2.29 bits per heavy atom. The van der Waals surface area contributed by atoms with Crippen LogP contribution in [0, 0.1) is 13.8 Å². The molecule has 158 valence electrons. The fraction of sp³-hybridized carbons (Fsp3) is 0.125. The van der Waals surface area contributed by atoms with Crippen LogP contribution in [0.4, 0.5) is 5.69 Å². The van der Waals surface area contributed by atoms with Crippen LogP contribution in [0.25, 0.3) is 11.0 Å². The van der Waals surface area contributed by atoms with Gasteiger partial charge in [-0.15, -0.1) is 0 Å². The predicted molar refractivity (Wildman–Crippen MR) is 119 cm³/mol. The molecule has 0 atom stereocenters. The van der Waals surface area contributed by atoms with Gasteiger partial charge < -0.3 is 9.15 Å². The van der Waals surface area contributed by atoms with Crippen LogP contribution >= 0.6 is 0 Å². The van der Waals surface area contributed by atoms with Crippen molar-refractivity contribution in [3.8, 4) is 0 Å². The molecule has 0 saturated heterocycles. The fourth-order valence-corrected chi connectivity index (χ4v) is 4.47. The number of anilines is 1. The average Bonchev–Trinajstić information content (AvgIpc) is 3.08. The van der Waals surface area contributed by atoms with Crippen LogP contribution in [-0.4, -0.2) is 14.4 Å². The minimum Gasteiger partial charge on any atom is -0.460 e. The van der Waals surface area contributed by atoms with Crippen molar-refractivity contribution >= 4 is 32.6 Å². The van der Waals surface area contributed by atoms with E-state index in [9.17, 15) is 13.2 Å². The molecule has 0 radical (unpaired) electrons. The van der Waals surface area contributed by atoms with Crippen molar-refractivity contribution in [2.75, 3.05) is 4.72 Å². The molecule has 7 heteroatoms. The summed E-state index contributed by atoms with van der Waals surface area (Å²) in [6.07, 6.45) is 0. The predicted octanol–water partition coefficient (Wildman–Crippen LogP) is 5.21. The summed E-state index contributed by atoms with van der Waals surface area (Å²) in [5.74, 6) is -0.114. The molecule has 4 rings (SSSR count). The first-order valence-corrected chi connectivity index (χ1v) is 11.2. The molecular weight excluding hydrogens is 414 g/mol. The minimum atomic E-state index is -3.77. The van der Waals surface area contributed by atoms with Crippen molar-refractivity contribution in [3.05, 3.63) is 95.2 Å². The van der Waals surface area contributed by atoms with E-state index in [-0.39, 0.29) is 17.1 Å². The summed E-state index contributed by atoms with van der Waals surface area (Å²) >= 11 is 0. The average molecular weight is 436 g/mol. The van der Waals surface area contributed by atoms with Gasteiger partial charge in [0.1, 0.15) is 23.5 Å². The highest BCUT2D eigenvalue weighted by molar-refractivity contribution is 7.92. The molecule has 0 bridgehead atoms. The van der Waals surface area contributed by atoms with Gasteiger partial charge in [0, 0.05) is 5.39 Å². The summed E-state index contributed by atoms with van der Waals surface area (Å²) in [6, 6.07) is 20.8. The summed E-state index contributed by atoms with van der Waals surface area (Å²) in [5, 5.41) is 0.493. The SMILES string of the molecule is Cc1cc2oc(C)c(C(=O)OCc3ccccc3)c2cc1NS(=O)(=O)c1ccccc1. The molecule has 0 fully saturated rings. The Bertz CT molecular complexity index is 1340. The zero-order chi connectivity index (χ0) is 22.0. The molecule has 3 aromatic carbocycles. The van der Waals surface area contributed by atoms with Crippen LogP contribution in [0.3, 0.4) is 0 Å². The van der Waals surface area contributed by atoms with Gasteiger partial charge in [-0.25, -0.2) is 13.2 Å². The summed E-state index contributed by atoms with van der Waals surface area (Å²) in [6.45, 7) is 3.58. The van der Waals surface area contributed by atoms with E-state index >= 15 is 0 Å². The number of ether oxygens (including phenoxy) is 1. The number of hydrogen-bond acceptors (Lipinski definition) is 5. The van der Waals surface area contributed by atoms with E-state index in [1.54, 1.807) is 44.2 Å². The standard InChI is InChI=1S/C24H21NO5S/c1-16-13-22-20(14-21(16)25-31(27,28)19-11-7-4-8-12-19)23(17(2)30-22)24(26)29-15-18-9-5-3-6-10-18/h3-14,25H,15H2,1-2H3. The van der Waals surface area contributed by atoms with E-state index in [2.05, 4.69) is 4.72 Å². The first-order valence-electron chi connectivity index (χ1n) is 9.68. The number of benzene rings is 3. The Labute approximate surface area is 180 Å². The Morgan fingerprint density at radius 2 is 1.61 bits per heavy atom. The van der Waals surface area contributed by atoms with Crippen molar-refractivity contribution in [1.29, 1.82) is 0 Å². The topological polar surface area (TPSA) is 85.6 Å². The van der Waals surface area contributed by atoms with Crippen LogP contribution in [0.1, 0.15) is 27.2 Å². The third kappa shape index (κ3) is 4.32. The lowest BCUT2D eigenvalue weighted by Gasteiger charge is -2.11. The van der Waals surface area contributed by atoms with Gasteiger partial charge in [-0.05, 0) is 49.2 Å². The molecule has 0 aliphatic heterocycles. The van der Waals surface area contributed by atoms with Crippen LogP contribution in [0.5, 0.6) is 0 Å². The molecule has 0 unspecified atom stereocenters. The summed E-state index contributed by atoms with van der Waals surface area (Å²) in [5.41, 5.74) is 2.68. The largest absolute Gasteiger partial charge is 0.460 e. The zero-order valence-electron chi connectivity index (χ0n) is 17.1. The Hall–Kier alpha value is -3.58. The van der Waals surface area contributed by atoms with Gasteiger partial charge >= 0.3 is 5.97 Å². The number of carbonyl (C=O) groups excluding carboxylic acids is 1. The van der Waals surface area contributed by atoms with E-state index < -0.39 is 16.0 Å². The molecule has 0 amide bonds. The number of furan rings is 1. The Morgan fingerprint density at radius 1 is 0.968 bits per heavy atom. The van der Waals surface area contributed by atoms with Gasteiger partial charge in [-0.1, -0.05) is 48.5 Å². The molecule has 6 nitrogen and oxygen atoms in total. The van der Waals surface area contributed by atoms with Crippen molar-refractivity contribution in [3.63, 3.8) is 0 Å². The Kier molecular flexibility index (Phi) is 5.52. The van der Waals surface area contributed by atoms with Gasteiger partial charge in [0.05, 0.1) is 10.6 Å². The monoisotopic (exact) mass is 435 g/mol. The third-order valence-electron chi connectivity index (χ3n) is 4.93. The molecule has 1 aromatic heterocycles. The van der Waals surface area contributed by atoms with E-state index in [4.69, 9.17) is 9.15 Å². The number of carbonyl (C=O) groups is 1. The lowest BCUT2D eigenvalue weighted by atomic mass is 10.1. The molecule has 4 aromatic rings. The number of esters is 1. The zero-order valence-corrected chi connectivity index (χ0v) is 17.9. The lowest BCUT2D eigenvalue weighted by Crippen LogP contribution is -2.13. The van der Waals surface area contributed by atoms with Crippen molar-refractivity contribution in [2.45, 2.75) is 25.3 Å². The second kappa shape index (κ2) is 8.28. The lowest BCUT2D eigenvalue weighted by molar-refractivity contribution is 0.0473. The molecule has 1 heterocycles. The fourth-order valence-electron chi connectivity index (χ4n) is 3.33. The van der Waals surface area contributed by atoms with Gasteiger partial charge in [-0.2, -0.15) is 0 Å². The molecule has 31 heavy (non-hydrogen) atoms. The maximum Gasteiger partial charge on any atom is 0.342 e. The number of hydrogen-bond donors (Lipinski definition) is 1. The number of rotatable bonds is 6. The number of fused-ring (bicyclic) bond motifs is 1. The number of sulfonamides is 1. The van der Waals surface area contributed by atoms with E-state index in [0.29, 0.717) is 28.0 Å². The normalized spacial score (nSPS) is 11.4. The maximum absolute atomic E-state index is 12.8. The second-order valence-corrected chi connectivity index (χ2v) is 8.86. The minimum absolute atomic E-state index is 0.130. The molecule has 0 spiro atoms. The Balaban J connectivity index is 1.67.